The summed E-state index contributed by atoms with van der Waals surface area (Å²) >= 11 is 8.84. The molecule has 0 radical (unpaired) electrons. The SMILES string of the molecule is Oc1cc(O)c(-c2onc(C(F)(F)F)c2-c2ccc(Cl)cc2)cc1Br. The van der Waals surface area contributed by atoms with E-state index >= 15 is 0 Å². The van der Waals surface area contributed by atoms with Gasteiger partial charge in [0.2, 0.25) is 0 Å². The first kappa shape index (κ1) is 17.6. The van der Waals surface area contributed by atoms with Crippen LogP contribution in [0.1, 0.15) is 5.69 Å². The highest BCUT2D eigenvalue weighted by molar-refractivity contribution is 9.10. The van der Waals surface area contributed by atoms with Crippen LogP contribution >= 0.6 is 27.5 Å². The van der Waals surface area contributed by atoms with Gasteiger partial charge in [0.25, 0.3) is 0 Å². The van der Waals surface area contributed by atoms with E-state index in [1.165, 1.54) is 30.3 Å². The molecule has 0 spiro atoms. The quantitative estimate of drug-likeness (QED) is 0.531. The second-order valence-electron chi connectivity index (χ2n) is 5.06. The maximum Gasteiger partial charge on any atom is 0.437 e. The smallest absolute Gasteiger partial charge is 0.437 e. The zero-order valence-electron chi connectivity index (χ0n) is 12.1. The molecule has 1 aromatic heterocycles. The zero-order valence-corrected chi connectivity index (χ0v) is 14.4. The summed E-state index contributed by atoms with van der Waals surface area (Å²) in [5.74, 6) is -1.02. The van der Waals surface area contributed by atoms with E-state index in [4.69, 9.17) is 16.1 Å². The molecule has 3 rings (SSSR count). The van der Waals surface area contributed by atoms with Gasteiger partial charge in [0.15, 0.2) is 11.5 Å². The molecule has 3 aromatic rings. The van der Waals surface area contributed by atoms with Gasteiger partial charge in [0.1, 0.15) is 11.5 Å². The second-order valence-corrected chi connectivity index (χ2v) is 6.35. The number of aromatic nitrogens is 1. The second kappa shape index (κ2) is 6.27. The van der Waals surface area contributed by atoms with Gasteiger partial charge in [-0.1, -0.05) is 28.9 Å². The Morgan fingerprint density at radius 2 is 1.68 bits per heavy atom. The third kappa shape index (κ3) is 3.32. The lowest BCUT2D eigenvalue weighted by atomic mass is 9.98. The minimum absolute atomic E-state index is 0.0578. The Kier molecular flexibility index (Phi) is 4.42. The lowest BCUT2D eigenvalue weighted by Crippen LogP contribution is -2.07. The summed E-state index contributed by atoms with van der Waals surface area (Å²) in [5, 5.41) is 23.1. The van der Waals surface area contributed by atoms with Crippen molar-refractivity contribution in [3.63, 3.8) is 0 Å². The average Bonchev–Trinajstić information content (AvgIpc) is 2.96. The van der Waals surface area contributed by atoms with Crippen molar-refractivity contribution in [1.82, 2.24) is 5.16 Å². The number of phenols is 2. The first-order chi connectivity index (χ1) is 11.7. The molecule has 2 N–H and O–H groups in total. The number of rotatable bonds is 2. The predicted octanol–water partition coefficient (Wildman–Crippen LogP) is 5.85. The van der Waals surface area contributed by atoms with Crippen LogP contribution in [0.15, 0.2) is 45.4 Å². The summed E-state index contributed by atoms with van der Waals surface area (Å²) in [6.45, 7) is 0. The van der Waals surface area contributed by atoms with E-state index in [-0.39, 0.29) is 32.7 Å². The monoisotopic (exact) mass is 433 g/mol. The van der Waals surface area contributed by atoms with Gasteiger partial charge in [-0.25, -0.2) is 0 Å². The standard InChI is InChI=1S/C16H8BrClF3NO3/c17-10-5-9(11(23)6-12(10)24)14-13(7-1-3-8(18)4-2-7)15(22-25-14)16(19,20)21/h1-6,23-24H. The summed E-state index contributed by atoms with van der Waals surface area (Å²) in [5.41, 5.74) is -1.46. The Morgan fingerprint density at radius 1 is 1.04 bits per heavy atom. The van der Waals surface area contributed by atoms with Gasteiger partial charge in [-0.2, -0.15) is 13.2 Å². The maximum atomic E-state index is 13.3. The first-order valence-corrected chi connectivity index (χ1v) is 7.90. The molecule has 130 valence electrons. The highest BCUT2D eigenvalue weighted by Gasteiger charge is 2.40. The lowest BCUT2D eigenvalue weighted by Gasteiger charge is -2.09. The van der Waals surface area contributed by atoms with Gasteiger partial charge in [-0.05, 0) is 39.7 Å². The molecule has 4 nitrogen and oxygen atoms in total. The Morgan fingerprint density at radius 3 is 2.28 bits per heavy atom. The van der Waals surface area contributed by atoms with E-state index in [9.17, 15) is 23.4 Å². The molecule has 0 amide bonds. The molecule has 0 saturated carbocycles. The molecule has 0 aliphatic heterocycles. The fourth-order valence-electron chi connectivity index (χ4n) is 2.28. The molecule has 0 saturated heterocycles. The van der Waals surface area contributed by atoms with Crippen molar-refractivity contribution in [2.45, 2.75) is 6.18 Å². The van der Waals surface area contributed by atoms with Crippen LogP contribution in [0, 0.1) is 0 Å². The van der Waals surface area contributed by atoms with E-state index in [1.54, 1.807) is 0 Å². The topological polar surface area (TPSA) is 66.5 Å². The summed E-state index contributed by atoms with van der Waals surface area (Å²) < 4.78 is 45.1. The molecule has 1 heterocycles. The van der Waals surface area contributed by atoms with E-state index < -0.39 is 17.6 Å². The van der Waals surface area contributed by atoms with Crippen LogP contribution in [0.4, 0.5) is 13.2 Å². The molecule has 2 aromatic carbocycles. The summed E-state index contributed by atoms with van der Waals surface area (Å²) in [7, 11) is 0. The number of nitrogens with zero attached hydrogens (tertiary/aromatic N) is 1. The highest BCUT2D eigenvalue weighted by Crippen LogP contribution is 2.46. The number of hydrogen-bond donors (Lipinski definition) is 2. The number of benzene rings is 2. The number of halogens is 5. The third-order valence-corrected chi connectivity index (χ3v) is 4.29. The highest BCUT2D eigenvalue weighted by atomic mass is 79.9. The number of phenolic OH excluding ortho intramolecular Hbond substituents is 2. The molecule has 0 bridgehead atoms. The molecule has 0 fully saturated rings. The van der Waals surface area contributed by atoms with E-state index in [2.05, 4.69) is 21.1 Å². The van der Waals surface area contributed by atoms with E-state index in [0.717, 1.165) is 6.07 Å². The normalized spacial score (nSPS) is 11.7. The van der Waals surface area contributed by atoms with Gasteiger partial charge in [0.05, 0.1) is 15.6 Å². The van der Waals surface area contributed by atoms with Crippen LogP contribution in [-0.2, 0) is 6.18 Å². The molecular formula is C16H8BrClF3NO3. The predicted molar refractivity (Wildman–Crippen MR) is 88.4 cm³/mol. The number of aromatic hydroxyl groups is 2. The van der Waals surface area contributed by atoms with Gasteiger partial charge in [0, 0.05) is 11.1 Å². The van der Waals surface area contributed by atoms with Crippen LogP contribution in [0.5, 0.6) is 11.5 Å². The third-order valence-electron chi connectivity index (χ3n) is 3.40. The van der Waals surface area contributed by atoms with Gasteiger partial charge in [-0.15, -0.1) is 0 Å². The van der Waals surface area contributed by atoms with Crippen molar-refractivity contribution in [2.24, 2.45) is 0 Å². The lowest BCUT2D eigenvalue weighted by molar-refractivity contribution is -0.142. The van der Waals surface area contributed by atoms with Gasteiger partial charge >= 0.3 is 6.18 Å². The maximum absolute atomic E-state index is 13.3. The summed E-state index contributed by atoms with van der Waals surface area (Å²) in [6.07, 6.45) is -4.76. The summed E-state index contributed by atoms with van der Waals surface area (Å²) in [4.78, 5) is 0. The minimum Gasteiger partial charge on any atom is -0.507 e. The molecule has 0 aliphatic rings. The summed E-state index contributed by atoms with van der Waals surface area (Å²) in [6, 6.07) is 7.87. The fraction of sp³-hybridized carbons (Fsp3) is 0.0625. The van der Waals surface area contributed by atoms with E-state index in [0.29, 0.717) is 5.02 Å². The fourth-order valence-corrected chi connectivity index (χ4v) is 2.75. The molecule has 0 unspecified atom stereocenters. The Hall–Kier alpha value is -2.19. The molecular weight excluding hydrogens is 427 g/mol. The van der Waals surface area contributed by atoms with Crippen LogP contribution in [-0.4, -0.2) is 15.4 Å². The molecule has 0 atom stereocenters. The molecule has 0 aliphatic carbocycles. The largest absolute Gasteiger partial charge is 0.507 e. The van der Waals surface area contributed by atoms with Crippen molar-refractivity contribution in [2.75, 3.05) is 0 Å². The van der Waals surface area contributed by atoms with Gasteiger partial charge in [-0.3, -0.25) is 0 Å². The molecule has 9 heteroatoms. The van der Waals surface area contributed by atoms with Crippen molar-refractivity contribution in [3.8, 4) is 33.9 Å². The van der Waals surface area contributed by atoms with Gasteiger partial charge < -0.3 is 14.7 Å². The Bertz CT molecular complexity index is 939. The van der Waals surface area contributed by atoms with E-state index in [1.807, 2.05) is 0 Å². The van der Waals surface area contributed by atoms with Crippen LogP contribution in [0.3, 0.4) is 0 Å². The average molecular weight is 435 g/mol. The van der Waals surface area contributed by atoms with Crippen LogP contribution in [0.2, 0.25) is 5.02 Å². The van der Waals surface area contributed by atoms with Crippen LogP contribution in [0.25, 0.3) is 22.5 Å². The van der Waals surface area contributed by atoms with Crippen molar-refractivity contribution in [1.29, 1.82) is 0 Å². The number of alkyl halides is 3. The number of hydrogen-bond acceptors (Lipinski definition) is 4. The Labute approximate surface area is 152 Å². The first-order valence-electron chi connectivity index (χ1n) is 6.73. The minimum atomic E-state index is -4.76. The van der Waals surface area contributed by atoms with Crippen LogP contribution < -0.4 is 0 Å². The molecule has 25 heavy (non-hydrogen) atoms. The Balaban J connectivity index is 2.30. The zero-order chi connectivity index (χ0) is 18.4. The van der Waals surface area contributed by atoms with Crippen molar-refractivity contribution >= 4 is 27.5 Å². The van der Waals surface area contributed by atoms with Crippen molar-refractivity contribution in [3.05, 3.63) is 51.6 Å². The van der Waals surface area contributed by atoms with Crippen molar-refractivity contribution < 1.29 is 27.9 Å².